The Kier molecular flexibility index (Phi) is 6.74. The first-order valence-electron chi connectivity index (χ1n) is 11.5. The largest absolute Gasteiger partial charge is 0.348 e. The zero-order chi connectivity index (χ0) is 23.7. The van der Waals surface area contributed by atoms with Crippen molar-refractivity contribution < 1.29 is 4.79 Å². The number of para-hydroxylation sites is 1. The van der Waals surface area contributed by atoms with Gasteiger partial charge in [0, 0.05) is 30.0 Å². The van der Waals surface area contributed by atoms with Crippen LogP contribution in [0.15, 0.2) is 40.3 Å². The molecule has 0 fully saturated rings. The summed E-state index contributed by atoms with van der Waals surface area (Å²) in [6.07, 6.45) is 1.89. The normalized spacial score (nSPS) is 11.8. The molecule has 0 saturated carbocycles. The third-order valence-electron chi connectivity index (χ3n) is 6.06. The Labute approximate surface area is 197 Å². The van der Waals surface area contributed by atoms with E-state index in [1.165, 1.54) is 11.8 Å². The van der Waals surface area contributed by atoms with E-state index in [4.69, 9.17) is 0 Å². The first kappa shape index (κ1) is 23.3. The van der Waals surface area contributed by atoms with Crippen LogP contribution in [0.2, 0.25) is 0 Å². The molecule has 0 amide bonds. The molecule has 0 bridgehead atoms. The summed E-state index contributed by atoms with van der Waals surface area (Å²) in [6, 6.07) is 9.49. The van der Waals surface area contributed by atoms with E-state index in [0.29, 0.717) is 28.8 Å². The van der Waals surface area contributed by atoms with Crippen molar-refractivity contribution in [2.45, 2.75) is 65.7 Å². The monoisotopic (exact) mass is 465 g/mol. The molecular formula is C25H31N5O2S. The number of Topliss-reactive ketones (excluding diaryl/α,β-unsaturated/α-hetero) is 1. The molecule has 4 rings (SSSR count). The van der Waals surface area contributed by atoms with Gasteiger partial charge in [0.2, 0.25) is 5.78 Å². The van der Waals surface area contributed by atoms with Gasteiger partial charge in [0.15, 0.2) is 10.9 Å². The number of rotatable bonds is 9. The fourth-order valence-electron chi connectivity index (χ4n) is 4.27. The van der Waals surface area contributed by atoms with E-state index in [1.54, 1.807) is 4.57 Å². The number of fused-ring (bicyclic) bond motifs is 3. The SMILES string of the molecule is CCCn1c(=O)c2ccccc2n2c(SCC(=O)c3cc(C)n(CCC(C)C)c3C)nnc12. The fraction of sp³-hybridized carbons (Fsp3) is 0.440. The van der Waals surface area contributed by atoms with Crippen molar-refractivity contribution in [2.75, 3.05) is 5.75 Å². The quantitative estimate of drug-likeness (QED) is 0.260. The van der Waals surface area contributed by atoms with Crippen molar-refractivity contribution in [3.63, 3.8) is 0 Å². The molecular weight excluding hydrogens is 434 g/mol. The number of hydrogen-bond donors (Lipinski definition) is 0. The predicted octanol–water partition coefficient (Wildman–Crippen LogP) is 4.89. The van der Waals surface area contributed by atoms with E-state index in [1.807, 2.05) is 48.6 Å². The molecule has 0 atom stereocenters. The molecule has 0 aliphatic heterocycles. The molecule has 0 unspecified atom stereocenters. The smallest absolute Gasteiger partial charge is 0.262 e. The van der Waals surface area contributed by atoms with Crippen LogP contribution in [-0.2, 0) is 13.1 Å². The molecule has 0 radical (unpaired) electrons. The summed E-state index contributed by atoms with van der Waals surface area (Å²) in [6.45, 7) is 12.0. The minimum Gasteiger partial charge on any atom is -0.348 e. The second kappa shape index (κ2) is 9.55. The summed E-state index contributed by atoms with van der Waals surface area (Å²) >= 11 is 1.36. The summed E-state index contributed by atoms with van der Waals surface area (Å²) < 4.78 is 5.81. The lowest BCUT2D eigenvalue weighted by Crippen LogP contribution is -2.23. The molecule has 0 aliphatic carbocycles. The highest BCUT2D eigenvalue weighted by Crippen LogP contribution is 2.24. The van der Waals surface area contributed by atoms with Crippen molar-refractivity contribution >= 4 is 34.2 Å². The molecule has 7 nitrogen and oxygen atoms in total. The Morgan fingerprint density at radius 3 is 2.58 bits per heavy atom. The van der Waals surface area contributed by atoms with Crippen LogP contribution in [0.4, 0.5) is 0 Å². The van der Waals surface area contributed by atoms with Crippen LogP contribution in [0.5, 0.6) is 0 Å². The average molecular weight is 466 g/mol. The number of nitrogens with zero attached hydrogens (tertiary/aromatic N) is 5. The van der Waals surface area contributed by atoms with Crippen LogP contribution < -0.4 is 5.56 Å². The van der Waals surface area contributed by atoms with Crippen molar-refractivity contribution in [2.24, 2.45) is 5.92 Å². The Morgan fingerprint density at radius 2 is 1.85 bits per heavy atom. The summed E-state index contributed by atoms with van der Waals surface area (Å²) in [4.78, 5) is 26.1. The van der Waals surface area contributed by atoms with Gasteiger partial charge in [-0.25, -0.2) is 0 Å². The van der Waals surface area contributed by atoms with E-state index in [2.05, 4.69) is 35.5 Å². The van der Waals surface area contributed by atoms with Gasteiger partial charge in [0.05, 0.1) is 16.7 Å². The molecule has 0 spiro atoms. The zero-order valence-electron chi connectivity index (χ0n) is 20.0. The highest BCUT2D eigenvalue weighted by atomic mass is 32.2. The second-order valence-corrected chi connectivity index (χ2v) is 9.87. The highest BCUT2D eigenvalue weighted by molar-refractivity contribution is 7.99. The molecule has 3 heterocycles. The Bertz CT molecular complexity index is 1380. The minimum atomic E-state index is -0.0613. The summed E-state index contributed by atoms with van der Waals surface area (Å²) in [5.41, 5.74) is 3.60. The lowest BCUT2D eigenvalue weighted by Gasteiger charge is -2.11. The van der Waals surface area contributed by atoms with Crippen LogP contribution in [0.25, 0.3) is 16.7 Å². The minimum absolute atomic E-state index is 0.0613. The van der Waals surface area contributed by atoms with Crippen molar-refractivity contribution in [1.29, 1.82) is 0 Å². The van der Waals surface area contributed by atoms with Gasteiger partial charge in [-0.1, -0.05) is 44.7 Å². The van der Waals surface area contributed by atoms with E-state index >= 15 is 0 Å². The first-order chi connectivity index (χ1) is 15.8. The maximum Gasteiger partial charge on any atom is 0.262 e. The van der Waals surface area contributed by atoms with Gasteiger partial charge in [-0.3, -0.25) is 18.6 Å². The number of ketones is 1. The lowest BCUT2D eigenvalue weighted by atomic mass is 10.1. The fourth-order valence-corrected chi connectivity index (χ4v) is 5.10. The lowest BCUT2D eigenvalue weighted by molar-refractivity contribution is 0.102. The summed E-state index contributed by atoms with van der Waals surface area (Å²) in [7, 11) is 0. The van der Waals surface area contributed by atoms with Gasteiger partial charge in [0.1, 0.15) is 0 Å². The van der Waals surface area contributed by atoms with Crippen LogP contribution in [0, 0.1) is 19.8 Å². The summed E-state index contributed by atoms with van der Waals surface area (Å²) in [5, 5.41) is 9.91. The van der Waals surface area contributed by atoms with E-state index in [-0.39, 0.29) is 17.1 Å². The topological polar surface area (TPSA) is 74.2 Å². The van der Waals surface area contributed by atoms with E-state index in [9.17, 15) is 9.59 Å². The van der Waals surface area contributed by atoms with Gasteiger partial charge in [-0.2, -0.15) is 0 Å². The molecule has 8 heteroatoms. The number of benzene rings is 1. The third-order valence-corrected chi connectivity index (χ3v) is 6.99. The number of aryl methyl sites for hydroxylation is 2. The van der Waals surface area contributed by atoms with Gasteiger partial charge in [-0.05, 0) is 50.8 Å². The molecule has 0 aliphatic rings. The van der Waals surface area contributed by atoms with Crippen LogP contribution >= 0.6 is 11.8 Å². The maximum atomic E-state index is 13.1. The van der Waals surface area contributed by atoms with Crippen LogP contribution in [0.1, 0.15) is 55.4 Å². The summed E-state index contributed by atoms with van der Waals surface area (Å²) in [5.74, 6) is 1.47. The standard InChI is InChI=1S/C25H31N5O2S/c1-6-12-29-23(32)19-9-7-8-10-21(19)30-24(29)26-27-25(30)33-15-22(31)20-14-17(4)28(18(20)5)13-11-16(2)3/h7-10,14,16H,6,11-13,15H2,1-5H3. The third kappa shape index (κ3) is 4.36. The molecule has 33 heavy (non-hydrogen) atoms. The molecule has 0 N–H and O–H groups in total. The first-order valence-corrected chi connectivity index (χ1v) is 12.5. The second-order valence-electron chi connectivity index (χ2n) is 8.92. The molecule has 1 aromatic carbocycles. The molecule has 4 aromatic rings. The van der Waals surface area contributed by atoms with Crippen molar-refractivity contribution in [1.82, 2.24) is 23.7 Å². The van der Waals surface area contributed by atoms with Crippen molar-refractivity contribution in [3.8, 4) is 0 Å². The van der Waals surface area contributed by atoms with E-state index < -0.39 is 0 Å². The molecule has 0 saturated heterocycles. The van der Waals surface area contributed by atoms with Crippen molar-refractivity contribution in [3.05, 3.63) is 57.6 Å². The highest BCUT2D eigenvalue weighted by Gasteiger charge is 2.20. The Morgan fingerprint density at radius 1 is 1.09 bits per heavy atom. The number of aromatic nitrogens is 5. The average Bonchev–Trinajstić information content (AvgIpc) is 3.34. The van der Waals surface area contributed by atoms with Gasteiger partial charge in [-0.15, -0.1) is 10.2 Å². The number of carbonyl (C=O) groups excluding carboxylic acids is 1. The number of carbonyl (C=O) groups is 1. The van der Waals surface area contributed by atoms with Gasteiger partial charge in [0.25, 0.3) is 5.56 Å². The predicted molar refractivity (Wildman–Crippen MR) is 133 cm³/mol. The van der Waals surface area contributed by atoms with Gasteiger partial charge < -0.3 is 4.57 Å². The number of thioether (sulfide) groups is 1. The Balaban J connectivity index is 1.65. The van der Waals surface area contributed by atoms with E-state index in [0.717, 1.165) is 41.9 Å². The van der Waals surface area contributed by atoms with Crippen LogP contribution in [0.3, 0.4) is 0 Å². The number of hydrogen-bond acceptors (Lipinski definition) is 5. The maximum absolute atomic E-state index is 13.1. The molecule has 3 aromatic heterocycles. The van der Waals surface area contributed by atoms with Crippen LogP contribution in [-0.4, -0.2) is 35.3 Å². The van der Waals surface area contributed by atoms with Gasteiger partial charge >= 0.3 is 0 Å². The molecule has 174 valence electrons. The Hall–Kier alpha value is -2.87. The zero-order valence-corrected chi connectivity index (χ0v) is 20.8.